The Kier molecular flexibility index (Phi) is 6.18. The Morgan fingerprint density at radius 2 is 1.75 bits per heavy atom. The maximum atomic E-state index is 12.5. The summed E-state index contributed by atoms with van der Waals surface area (Å²) in [6, 6.07) is 0. The Bertz CT molecular complexity index is 898. The van der Waals surface area contributed by atoms with E-state index in [9.17, 15) is 9.59 Å². The second-order valence-corrected chi connectivity index (χ2v) is 9.28. The molecule has 2 heterocycles. The summed E-state index contributed by atoms with van der Waals surface area (Å²) in [6.45, 7) is 17.3. The quantitative estimate of drug-likeness (QED) is 0.561. The number of aromatic amines is 1. The standard InChI is InChI=1S/C19H33N7O2/c1-11(2)14(27)24-16-23-13-12(15(28)25-16)22-17(26(13)19(6,7)8)20-9-10-21-18(3,4)5/h11,21H,9-10H2,1-8H3,(H,20,22)(H2,23,24,25,27,28). The maximum absolute atomic E-state index is 12.5. The molecule has 2 rings (SSSR count). The molecule has 4 N–H and O–H groups in total. The third-order valence-electron chi connectivity index (χ3n) is 4.02. The molecule has 0 aliphatic rings. The van der Waals surface area contributed by atoms with Crippen molar-refractivity contribution in [3.8, 4) is 0 Å². The van der Waals surface area contributed by atoms with Crippen LogP contribution in [0.2, 0.25) is 0 Å². The van der Waals surface area contributed by atoms with E-state index >= 15 is 0 Å². The number of rotatable bonds is 6. The maximum Gasteiger partial charge on any atom is 0.280 e. The normalized spacial score (nSPS) is 12.6. The molecule has 28 heavy (non-hydrogen) atoms. The topological polar surface area (TPSA) is 117 Å². The van der Waals surface area contributed by atoms with Crippen molar-refractivity contribution in [2.75, 3.05) is 23.7 Å². The summed E-state index contributed by atoms with van der Waals surface area (Å²) < 4.78 is 1.89. The molecule has 0 aromatic carbocycles. The first-order valence-electron chi connectivity index (χ1n) is 9.62. The van der Waals surface area contributed by atoms with Crippen LogP contribution in [0.25, 0.3) is 11.2 Å². The summed E-state index contributed by atoms with van der Waals surface area (Å²) in [5, 5.41) is 9.36. The predicted molar refractivity (Wildman–Crippen MR) is 113 cm³/mol. The van der Waals surface area contributed by atoms with E-state index in [1.807, 2.05) is 25.3 Å². The molecule has 1 amide bonds. The zero-order valence-electron chi connectivity index (χ0n) is 18.1. The number of nitrogens with one attached hydrogen (secondary N) is 4. The van der Waals surface area contributed by atoms with Gasteiger partial charge in [-0.05, 0) is 41.5 Å². The third-order valence-corrected chi connectivity index (χ3v) is 4.02. The molecular weight excluding hydrogens is 358 g/mol. The van der Waals surface area contributed by atoms with Crippen molar-refractivity contribution in [1.29, 1.82) is 0 Å². The fourth-order valence-electron chi connectivity index (χ4n) is 2.65. The van der Waals surface area contributed by atoms with Crippen LogP contribution in [0, 0.1) is 5.92 Å². The highest BCUT2D eigenvalue weighted by atomic mass is 16.2. The first-order valence-corrected chi connectivity index (χ1v) is 9.62. The van der Waals surface area contributed by atoms with Gasteiger partial charge in [-0.25, -0.2) is 4.98 Å². The third kappa shape index (κ3) is 5.31. The van der Waals surface area contributed by atoms with Crippen molar-refractivity contribution in [2.24, 2.45) is 5.92 Å². The number of aromatic nitrogens is 4. The average molecular weight is 392 g/mol. The Morgan fingerprint density at radius 3 is 2.29 bits per heavy atom. The minimum absolute atomic E-state index is 0.0219. The molecule has 0 bridgehead atoms. The van der Waals surface area contributed by atoms with Crippen molar-refractivity contribution >= 4 is 29.0 Å². The lowest BCUT2D eigenvalue weighted by Crippen LogP contribution is -2.39. The number of imidazole rings is 1. The highest BCUT2D eigenvalue weighted by Gasteiger charge is 2.25. The number of fused-ring (bicyclic) bond motifs is 1. The van der Waals surface area contributed by atoms with Crippen LogP contribution in [0.15, 0.2) is 4.79 Å². The summed E-state index contributed by atoms with van der Waals surface area (Å²) in [5.74, 6) is 0.267. The van der Waals surface area contributed by atoms with Gasteiger partial charge >= 0.3 is 0 Å². The lowest BCUT2D eigenvalue weighted by molar-refractivity contribution is -0.118. The van der Waals surface area contributed by atoms with Gasteiger partial charge in [-0.15, -0.1) is 0 Å². The lowest BCUT2D eigenvalue weighted by atomic mass is 10.1. The molecule has 2 aromatic heterocycles. The largest absolute Gasteiger partial charge is 0.354 e. The van der Waals surface area contributed by atoms with E-state index in [4.69, 9.17) is 0 Å². The summed E-state index contributed by atoms with van der Waals surface area (Å²) in [4.78, 5) is 36.1. The van der Waals surface area contributed by atoms with Gasteiger partial charge in [0.1, 0.15) is 0 Å². The first kappa shape index (κ1) is 21.9. The van der Waals surface area contributed by atoms with Crippen molar-refractivity contribution in [3.05, 3.63) is 10.4 Å². The Morgan fingerprint density at radius 1 is 1.11 bits per heavy atom. The number of carbonyl (C=O) groups is 1. The molecule has 0 aliphatic heterocycles. The predicted octanol–water partition coefficient (Wildman–Crippen LogP) is 2.27. The number of H-pyrrole nitrogens is 1. The van der Waals surface area contributed by atoms with Crippen LogP contribution in [-0.2, 0) is 10.3 Å². The van der Waals surface area contributed by atoms with E-state index < -0.39 is 0 Å². The van der Waals surface area contributed by atoms with Gasteiger partial charge in [-0.1, -0.05) is 13.8 Å². The van der Waals surface area contributed by atoms with Gasteiger partial charge in [0.15, 0.2) is 11.2 Å². The minimum Gasteiger partial charge on any atom is -0.354 e. The van der Waals surface area contributed by atoms with Gasteiger partial charge in [-0.2, -0.15) is 4.98 Å². The molecule has 0 unspecified atom stereocenters. The highest BCUT2D eigenvalue weighted by Crippen LogP contribution is 2.25. The fourth-order valence-corrected chi connectivity index (χ4v) is 2.65. The van der Waals surface area contributed by atoms with Gasteiger partial charge in [0, 0.05) is 30.1 Å². The molecule has 0 spiro atoms. The van der Waals surface area contributed by atoms with E-state index in [0.29, 0.717) is 18.1 Å². The number of nitrogens with zero attached hydrogens (tertiary/aromatic N) is 3. The van der Waals surface area contributed by atoms with Crippen molar-refractivity contribution in [3.63, 3.8) is 0 Å². The molecular formula is C19H33N7O2. The summed E-state index contributed by atoms with van der Waals surface area (Å²) in [5.41, 5.74) is -0.0591. The second-order valence-electron chi connectivity index (χ2n) is 9.28. The van der Waals surface area contributed by atoms with Gasteiger partial charge < -0.3 is 10.6 Å². The monoisotopic (exact) mass is 391 g/mol. The first-order chi connectivity index (χ1) is 12.8. The van der Waals surface area contributed by atoms with E-state index in [1.165, 1.54) is 0 Å². The number of hydrogen-bond donors (Lipinski definition) is 4. The van der Waals surface area contributed by atoms with E-state index in [2.05, 4.69) is 51.7 Å². The van der Waals surface area contributed by atoms with Crippen molar-refractivity contribution in [2.45, 2.75) is 66.5 Å². The molecule has 0 fully saturated rings. The van der Waals surface area contributed by atoms with Crippen LogP contribution in [0.5, 0.6) is 0 Å². The Hall–Kier alpha value is -2.42. The van der Waals surface area contributed by atoms with Crippen LogP contribution in [0.3, 0.4) is 0 Å². The van der Waals surface area contributed by atoms with E-state index in [-0.39, 0.29) is 39.9 Å². The molecule has 156 valence electrons. The van der Waals surface area contributed by atoms with Crippen molar-refractivity contribution in [1.82, 2.24) is 24.8 Å². The van der Waals surface area contributed by atoms with Crippen LogP contribution in [0.1, 0.15) is 55.4 Å². The SMILES string of the molecule is CC(C)C(=O)Nc1nc2c(nc(NCCNC(C)(C)C)n2C(C)(C)C)c(=O)[nH]1. The van der Waals surface area contributed by atoms with Gasteiger partial charge in [-0.3, -0.25) is 24.5 Å². The summed E-state index contributed by atoms with van der Waals surface area (Å²) in [7, 11) is 0. The second kappa shape index (κ2) is 7.90. The molecule has 0 radical (unpaired) electrons. The Labute approximate surface area is 165 Å². The van der Waals surface area contributed by atoms with Gasteiger partial charge in [0.25, 0.3) is 5.56 Å². The fraction of sp³-hybridized carbons (Fsp3) is 0.684. The van der Waals surface area contributed by atoms with Crippen LogP contribution in [0.4, 0.5) is 11.9 Å². The number of carbonyl (C=O) groups excluding carboxylic acids is 1. The Balaban J connectivity index is 2.41. The van der Waals surface area contributed by atoms with Gasteiger partial charge in [0.05, 0.1) is 0 Å². The zero-order valence-corrected chi connectivity index (χ0v) is 18.1. The van der Waals surface area contributed by atoms with Crippen LogP contribution in [-0.4, -0.2) is 44.1 Å². The van der Waals surface area contributed by atoms with E-state index in [1.54, 1.807) is 13.8 Å². The number of hydrogen-bond acceptors (Lipinski definition) is 6. The molecule has 9 heteroatoms. The van der Waals surface area contributed by atoms with Crippen LogP contribution >= 0.6 is 0 Å². The van der Waals surface area contributed by atoms with E-state index in [0.717, 1.165) is 6.54 Å². The number of amides is 1. The molecule has 0 saturated carbocycles. The summed E-state index contributed by atoms with van der Waals surface area (Å²) in [6.07, 6.45) is 0. The lowest BCUT2D eigenvalue weighted by Gasteiger charge is -2.25. The number of anilines is 2. The summed E-state index contributed by atoms with van der Waals surface area (Å²) >= 11 is 0. The van der Waals surface area contributed by atoms with Crippen molar-refractivity contribution < 1.29 is 4.79 Å². The molecule has 9 nitrogen and oxygen atoms in total. The molecule has 0 saturated heterocycles. The average Bonchev–Trinajstić information content (AvgIpc) is 2.89. The van der Waals surface area contributed by atoms with Crippen LogP contribution < -0.4 is 21.5 Å². The molecule has 0 aliphatic carbocycles. The van der Waals surface area contributed by atoms with Gasteiger partial charge in [0.2, 0.25) is 17.8 Å². The highest BCUT2D eigenvalue weighted by molar-refractivity contribution is 5.91. The smallest absolute Gasteiger partial charge is 0.280 e. The zero-order chi connectivity index (χ0) is 21.3. The molecule has 0 atom stereocenters. The minimum atomic E-state index is -0.386. The molecule has 2 aromatic rings.